The van der Waals surface area contributed by atoms with E-state index in [0.29, 0.717) is 46.3 Å². The molecule has 0 saturated carbocycles. The van der Waals surface area contributed by atoms with Gasteiger partial charge in [-0.1, -0.05) is 45.8 Å². The minimum atomic E-state index is -2.13. The van der Waals surface area contributed by atoms with E-state index < -0.39 is 23.2 Å². The van der Waals surface area contributed by atoms with Crippen molar-refractivity contribution in [3.63, 3.8) is 0 Å². The van der Waals surface area contributed by atoms with Gasteiger partial charge in [-0.2, -0.15) is 4.21 Å². The molecule has 0 aliphatic carbocycles. The van der Waals surface area contributed by atoms with Gasteiger partial charge >= 0.3 is 17.3 Å². The molecule has 52 heavy (non-hydrogen) atoms. The lowest BCUT2D eigenvalue weighted by Gasteiger charge is -2.13. The molecule has 1 amide bonds. The minimum absolute atomic E-state index is 0.0163. The number of rotatable bonds is 18. The maximum atomic E-state index is 13.1. The van der Waals surface area contributed by atoms with Crippen LogP contribution in [0.5, 0.6) is 23.0 Å². The van der Waals surface area contributed by atoms with Gasteiger partial charge < -0.3 is 27.9 Å². The first-order chi connectivity index (χ1) is 25.2. The van der Waals surface area contributed by atoms with Crippen LogP contribution in [0.3, 0.4) is 0 Å². The quantitative estimate of drug-likeness (QED) is 0.0295. The van der Waals surface area contributed by atoms with Gasteiger partial charge in [0.25, 0.3) is 18.2 Å². The Bertz CT molecular complexity index is 1990. The van der Waals surface area contributed by atoms with Crippen molar-refractivity contribution in [2.75, 3.05) is 10.8 Å². The van der Waals surface area contributed by atoms with E-state index in [4.69, 9.17) is 31.9 Å². The summed E-state index contributed by atoms with van der Waals surface area (Å²) in [6.45, 7) is 3.70. The van der Waals surface area contributed by atoms with Crippen LogP contribution < -0.4 is 28.2 Å². The molecule has 4 N–H and O–H groups in total. The van der Waals surface area contributed by atoms with Gasteiger partial charge in [0.2, 0.25) is 0 Å². The molecule has 1 atom stereocenters. The second kappa shape index (κ2) is 18.6. The van der Waals surface area contributed by atoms with Crippen molar-refractivity contribution in [2.24, 2.45) is 0 Å². The second-order valence-corrected chi connectivity index (χ2v) is 12.1. The number of hydrogen-bond acceptors (Lipinski definition) is 13. The first-order valence-corrected chi connectivity index (χ1v) is 17.0. The van der Waals surface area contributed by atoms with Crippen molar-refractivity contribution >= 4 is 46.9 Å². The molecule has 0 aromatic heterocycles. The summed E-state index contributed by atoms with van der Waals surface area (Å²) < 4.78 is 33.5. The summed E-state index contributed by atoms with van der Waals surface area (Å²) in [6, 6.07) is 29.2. The van der Waals surface area contributed by atoms with Gasteiger partial charge in [-0.15, -0.1) is 0 Å². The highest BCUT2D eigenvalue weighted by atomic mass is 32.2. The largest absolute Gasteiger partial charge is 0.478 e. The minimum Gasteiger partial charge on any atom is -0.478 e. The molecular formula is C36H32N2O12S2. The Morgan fingerprint density at radius 1 is 0.692 bits per heavy atom. The number of hydrogen-bond donors (Lipinski definition) is 4. The maximum Gasteiger partial charge on any atom is 0.417 e. The highest BCUT2D eigenvalue weighted by molar-refractivity contribution is 7.90. The van der Waals surface area contributed by atoms with Crippen molar-refractivity contribution in [1.82, 2.24) is 0 Å². The molecule has 5 rings (SSSR count). The molecule has 0 aliphatic rings. The van der Waals surface area contributed by atoms with Gasteiger partial charge in [-0.05, 0) is 104 Å². The molecule has 0 bridgehead atoms. The molecule has 16 heteroatoms. The van der Waals surface area contributed by atoms with Crippen LogP contribution in [0.15, 0.2) is 109 Å². The highest BCUT2D eigenvalue weighted by Crippen LogP contribution is 2.26. The highest BCUT2D eigenvalue weighted by Gasteiger charge is 2.19. The van der Waals surface area contributed by atoms with Crippen LogP contribution in [-0.2, 0) is 38.6 Å². The van der Waals surface area contributed by atoms with E-state index in [9.17, 15) is 18.9 Å². The third-order valence-corrected chi connectivity index (χ3v) is 8.12. The van der Waals surface area contributed by atoms with E-state index in [-0.39, 0.29) is 35.8 Å². The first-order valence-electron chi connectivity index (χ1n) is 15.3. The number of benzene rings is 5. The Balaban J connectivity index is 1.14. The number of carbonyl (C=O) groups is 2. The first kappa shape index (κ1) is 37.6. The lowest BCUT2D eigenvalue weighted by atomic mass is 10.1. The number of carbonyl (C=O) groups excluding carboxylic acids is 1. The normalized spacial score (nSPS) is 11.3. The van der Waals surface area contributed by atoms with Crippen LogP contribution in [0, 0.1) is 13.8 Å². The summed E-state index contributed by atoms with van der Waals surface area (Å²) in [5, 5.41) is 21.3. The molecule has 0 aliphatic heterocycles. The number of carboxylic acids is 1. The predicted octanol–water partition coefficient (Wildman–Crippen LogP) is 7.78. The number of carboxylic acid groups (broad SMARTS) is 1. The topological polar surface area (TPSA) is 180 Å². The van der Waals surface area contributed by atoms with Gasteiger partial charge in [-0.25, -0.2) is 9.68 Å². The zero-order chi connectivity index (χ0) is 36.9. The fourth-order valence-electron chi connectivity index (χ4n) is 4.43. The van der Waals surface area contributed by atoms with E-state index in [1.165, 1.54) is 18.2 Å². The number of amides is 1. The summed E-state index contributed by atoms with van der Waals surface area (Å²) in [5.41, 5.74) is 6.50. The number of anilines is 2. The SMILES string of the molecule is Cc1ccc(OOSOc2ccc(C(=O)O)c(C(=O)Nc3ccc(NOCc4cc(OS(=O)Oc5ccc(C)cc5)ccc4COO)cc3)c2)cc1. The van der Waals surface area contributed by atoms with Crippen LogP contribution in [0.25, 0.3) is 0 Å². The summed E-state index contributed by atoms with van der Waals surface area (Å²) in [5.74, 6) is -0.772. The Morgan fingerprint density at radius 3 is 1.98 bits per heavy atom. The summed E-state index contributed by atoms with van der Waals surface area (Å²) in [6.07, 6.45) is 0. The zero-order valence-electron chi connectivity index (χ0n) is 27.6. The van der Waals surface area contributed by atoms with E-state index in [0.717, 1.165) is 11.1 Å². The van der Waals surface area contributed by atoms with Gasteiger partial charge in [-0.3, -0.25) is 20.4 Å². The van der Waals surface area contributed by atoms with Crippen LogP contribution in [0.1, 0.15) is 43.0 Å². The van der Waals surface area contributed by atoms with Crippen LogP contribution in [0.2, 0.25) is 0 Å². The van der Waals surface area contributed by atoms with Gasteiger partial charge in [0.15, 0.2) is 5.75 Å². The Hall–Kier alpha value is -5.62. The van der Waals surface area contributed by atoms with Crippen molar-refractivity contribution < 1.29 is 55.7 Å². The third kappa shape index (κ3) is 11.2. The second-order valence-electron chi connectivity index (χ2n) is 10.9. The van der Waals surface area contributed by atoms with E-state index in [1.807, 2.05) is 38.1 Å². The average molecular weight is 749 g/mol. The van der Waals surface area contributed by atoms with Gasteiger partial charge in [0.1, 0.15) is 30.5 Å². The summed E-state index contributed by atoms with van der Waals surface area (Å²) in [7, 11) is 0. The number of nitrogens with one attached hydrogen (secondary N) is 2. The lowest BCUT2D eigenvalue weighted by molar-refractivity contribution is -0.253. The smallest absolute Gasteiger partial charge is 0.417 e. The molecular weight excluding hydrogens is 717 g/mol. The molecule has 0 fully saturated rings. The molecule has 14 nitrogen and oxygen atoms in total. The van der Waals surface area contributed by atoms with Crippen molar-refractivity contribution in [2.45, 2.75) is 27.1 Å². The Morgan fingerprint density at radius 2 is 1.31 bits per heavy atom. The lowest BCUT2D eigenvalue weighted by Crippen LogP contribution is -2.16. The predicted molar refractivity (Wildman–Crippen MR) is 192 cm³/mol. The Labute approximate surface area is 305 Å². The van der Waals surface area contributed by atoms with Crippen molar-refractivity contribution in [3.8, 4) is 23.0 Å². The van der Waals surface area contributed by atoms with Gasteiger partial charge in [0.05, 0.1) is 16.8 Å². The standard InChI is InChI=1S/C36H32N2O12S2/c1-23-3-12-29(13-4-23)46-50-51-47-31-17-18-33(36(40)41)34(20-31)35(39)37-27-8-10-28(11-9-27)38-44-21-26-19-32(16-7-25(26)22-45-42)49-52(43)48-30-14-5-24(2)6-15-30/h3-20,38,42H,21-22H2,1-2H3,(H,37,39)(H,40,41). The van der Waals surface area contributed by atoms with E-state index in [2.05, 4.69) is 15.7 Å². The monoisotopic (exact) mass is 748 g/mol. The van der Waals surface area contributed by atoms with Crippen LogP contribution >= 0.6 is 12.3 Å². The summed E-state index contributed by atoms with van der Waals surface area (Å²) in [4.78, 5) is 40.0. The molecule has 0 spiro atoms. The van der Waals surface area contributed by atoms with E-state index in [1.54, 1.807) is 66.7 Å². The van der Waals surface area contributed by atoms with Crippen LogP contribution in [-0.4, -0.2) is 26.4 Å². The molecule has 0 radical (unpaired) electrons. The number of aryl methyl sites for hydroxylation is 2. The van der Waals surface area contributed by atoms with Crippen molar-refractivity contribution in [1.29, 1.82) is 0 Å². The maximum absolute atomic E-state index is 13.1. The third-order valence-electron chi connectivity index (χ3n) is 7.08. The molecule has 270 valence electrons. The number of aromatic carboxylic acids is 1. The van der Waals surface area contributed by atoms with E-state index >= 15 is 0 Å². The molecule has 1 unspecified atom stereocenters. The van der Waals surface area contributed by atoms with Crippen molar-refractivity contribution in [3.05, 3.63) is 143 Å². The fraction of sp³-hybridized carbons (Fsp3) is 0.111. The zero-order valence-corrected chi connectivity index (χ0v) is 29.2. The van der Waals surface area contributed by atoms with Gasteiger partial charge in [0, 0.05) is 5.69 Å². The average Bonchev–Trinajstić information content (AvgIpc) is 3.13. The van der Waals surface area contributed by atoms with Crippen LogP contribution in [0.4, 0.5) is 11.4 Å². The molecule has 5 aromatic rings. The Kier molecular flexibility index (Phi) is 13.4. The fourth-order valence-corrected chi connectivity index (χ4v) is 5.31. The molecule has 0 heterocycles. The summed E-state index contributed by atoms with van der Waals surface area (Å²) >= 11 is -1.63. The molecule has 0 saturated heterocycles. The molecule has 5 aromatic carbocycles.